The van der Waals surface area contributed by atoms with E-state index in [0.29, 0.717) is 22.7 Å². The van der Waals surface area contributed by atoms with Crippen LogP contribution >= 0.6 is 22.6 Å². The van der Waals surface area contributed by atoms with Crippen molar-refractivity contribution in [2.75, 3.05) is 12.4 Å². The lowest BCUT2D eigenvalue weighted by Crippen LogP contribution is -2.13. The summed E-state index contributed by atoms with van der Waals surface area (Å²) in [5, 5.41) is 12.2. The number of anilines is 1. The Hall–Kier alpha value is -2.53. The van der Waals surface area contributed by atoms with Crippen LogP contribution in [0.1, 0.15) is 31.9 Å². The topological polar surface area (TPSA) is 71.4 Å². The number of carbonyl (C=O) groups is 1. The molecule has 0 radical (unpaired) electrons. The Kier molecular flexibility index (Phi) is 7.88. The zero-order chi connectivity index (χ0) is 20.7. The number of hydrogen-bond acceptors (Lipinski definition) is 4. The quantitative estimate of drug-likeness (QED) is 0.329. The number of nitrogens with one attached hydrogen (secondary N) is 1. The van der Waals surface area contributed by atoms with E-state index in [1.807, 2.05) is 50.2 Å². The van der Waals surface area contributed by atoms with Gasteiger partial charge in [0, 0.05) is 5.69 Å². The summed E-state index contributed by atoms with van der Waals surface area (Å²) in [5.74, 6) is 0.747. The number of methoxy groups -OCH3 is 1. The van der Waals surface area contributed by atoms with E-state index in [0.717, 1.165) is 9.99 Å². The molecule has 28 heavy (non-hydrogen) atoms. The summed E-state index contributed by atoms with van der Waals surface area (Å²) in [7, 11) is 1.56. The van der Waals surface area contributed by atoms with Crippen LogP contribution in [0.4, 0.5) is 5.69 Å². The number of halogens is 1. The smallest absolute Gasteiger partial charge is 0.266 e. The Labute approximate surface area is 179 Å². The predicted octanol–water partition coefficient (Wildman–Crippen LogP) is 5.20. The van der Waals surface area contributed by atoms with Crippen molar-refractivity contribution in [1.29, 1.82) is 5.26 Å². The minimum absolute atomic E-state index is 0.00310. The van der Waals surface area contributed by atoms with Gasteiger partial charge in [0.2, 0.25) is 0 Å². The van der Waals surface area contributed by atoms with Crippen LogP contribution in [-0.2, 0) is 11.2 Å². The number of rotatable bonds is 7. The van der Waals surface area contributed by atoms with Crippen molar-refractivity contribution in [3.63, 3.8) is 0 Å². The number of amides is 1. The largest absolute Gasteiger partial charge is 0.493 e. The zero-order valence-electron chi connectivity index (χ0n) is 16.4. The molecule has 0 aliphatic heterocycles. The second-order valence-electron chi connectivity index (χ2n) is 6.38. The number of nitriles is 1. The summed E-state index contributed by atoms with van der Waals surface area (Å²) in [6.07, 6.45) is 2.47. The minimum Gasteiger partial charge on any atom is -0.493 e. The average molecular weight is 490 g/mol. The standard InChI is InChI=1S/C22H23IN2O3/c1-5-15-6-8-18(9-7-15)25-22(26)17(13-24)10-16-11-19(23)21(28-14(2)3)20(12-16)27-4/h6-12,14H,5H2,1-4H3,(H,25,26)/b17-10+. The molecular formula is C22H23IN2O3. The molecule has 2 rings (SSSR count). The van der Waals surface area contributed by atoms with Gasteiger partial charge in [0.1, 0.15) is 11.6 Å². The lowest BCUT2D eigenvalue weighted by atomic mass is 10.1. The Bertz CT molecular complexity index is 913. The van der Waals surface area contributed by atoms with Crippen molar-refractivity contribution in [1.82, 2.24) is 0 Å². The van der Waals surface area contributed by atoms with Gasteiger partial charge in [-0.1, -0.05) is 19.1 Å². The molecule has 0 spiro atoms. The molecule has 2 aromatic rings. The third kappa shape index (κ3) is 5.73. The summed E-state index contributed by atoms with van der Waals surface area (Å²) in [5.41, 5.74) is 2.52. The highest BCUT2D eigenvalue weighted by Crippen LogP contribution is 2.35. The highest BCUT2D eigenvalue weighted by atomic mass is 127. The number of ether oxygens (including phenoxy) is 2. The van der Waals surface area contributed by atoms with E-state index in [2.05, 4.69) is 34.8 Å². The SMILES string of the molecule is CCc1ccc(NC(=O)/C(C#N)=C/c2cc(I)c(OC(C)C)c(OC)c2)cc1. The number of hydrogen-bond donors (Lipinski definition) is 1. The van der Waals surface area contributed by atoms with Gasteiger partial charge in [-0.25, -0.2) is 0 Å². The Morgan fingerprint density at radius 1 is 1.29 bits per heavy atom. The minimum atomic E-state index is -0.455. The van der Waals surface area contributed by atoms with Gasteiger partial charge in [-0.2, -0.15) is 5.26 Å². The van der Waals surface area contributed by atoms with Crippen molar-refractivity contribution in [3.05, 3.63) is 56.7 Å². The first-order chi connectivity index (χ1) is 13.4. The van der Waals surface area contributed by atoms with E-state index in [9.17, 15) is 10.1 Å². The fraction of sp³-hybridized carbons (Fsp3) is 0.273. The van der Waals surface area contributed by atoms with E-state index in [-0.39, 0.29) is 11.7 Å². The first kappa shape index (κ1) is 21.8. The maximum absolute atomic E-state index is 12.5. The van der Waals surface area contributed by atoms with Crippen LogP contribution in [-0.4, -0.2) is 19.1 Å². The zero-order valence-corrected chi connectivity index (χ0v) is 18.5. The Balaban J connectivity index is 2.28. The van der Waals surface area contributed by atoms with Crippen LogP contribution in [0.15, 0.2) is 42.0 Å². The number of nitrogens with zero attached hydrogens (tertiary/aromatic N) is 1. The molecule has 0 atom stereocenters. The third-order valence-electron chi connectivity index (χ3n) is 3.90. The molecular weight excluding hydrogens is 467 g/mol. The number of carbonyl (C=O) groups excluding carboxylic acids is 1. The Morgan fingerprint density at radius 2 is 1.96 bits per heavy atom. The molecule has 5 nitrogen and oxygen atoms in total. The monoisotopic (exact) mass is 490 g/mol. The fourth-order valence-corrected chi connectivity index (χ4v) is 3.26. The third-order valence-corrected chi connectivity index (χ3v) is 4.70. The molecule has 0 aliphatic carbocycles. The van der Waals surface area contributed by atoms with Gasteiger partial charge in [-0.3, -0.25) is 4.79 Å². The van der Waals surface area contributed by atoms with Gasteiger partial charge >= 0.3 is 0 Å². The molecule has 0 aromatic heterocycles. The molecule has 0 unspecified atom stereocenters. The maximum Gasteiger partial charge on any atom is 0.266 e. The van der Waals surface area contributed by atoms with Crippen LogP contribution in [0.2, 0.25) is 0 Å². The predicted molar refractivity (Wildman–Crippen MR) is 120 cm³/mol. The van der Waals surface area contributed by atoms with Gasteiger partial charge in [-0.05, 0) is 84.3 Å². The average Bonchev–Trinajstić information content (AvgIpc) is 2.68. The first-order valence-corrected chi connectivity index (χ1v) is 10.0. The van der Waals surface area contributed by atoms with Gasteiger partial charge in [0.15, 0.2) is 11.5 Å². The maximum atomic E-state index is 12.5. The van der Waals surface area contributed by atoms with Crippen LogP contribution < -0.4 is 14.8 Å². The normalized spacial score (nSPS) is 11.1. The van der Waals surface area contributed by atoms with Crippen LogP contribution in [0.25, 0.3) is 6.08 Å². The van der Waals surface area contributed by atoms with Crippen molar-refractivity contribution < 1.29 is 14.3 Å². The van der Waals surface area contributed by atoms with E-state index < -0.39 is 5.91 Å². The van der Waals surface area contributed by atoms with Crippen molar-refractivity contribution in [2.45, 2.75) is 33.3 Å². The fourth-order valence-electron chi connectivity index (χ4n) is 2.51. The van der Waals surface area contributed by atoms with E-state index >= 15 is 0 Å². The second kappa shape index (κ2) is 10.1. The second-order valence-corrected chi connectivity index (χ2v) is 7.54. The van der Waals surface area contributed by atoms with Gasteiger partial charge in [0.05, 0.1) is 16.8 Å². The molecule has 0 aliphatic rings. The molecule has 146 valence electrons. The van der Waals surface area contributed by atoms with Crippen molar-refractivity contribution in [3.8, 4) is 17.6 Å². The summed E-state index contributed by atoms with van der Waals surface area (Å²) in [6, 6.07) is 13.1. The Morgan fingerprint density at radius 3 is 2.50 bits per heavy atom. The number of benzene rings is 2. The molecule has 0 saturated carbocycles. The highest BCUT2D eigenvalue weighted by molar-refractivity contribution is 14.1. The molecule has 0 bridgehead atoms. The van der Waals surface area contributed by atoms with Crippen molar-refractivity contribution in [2.24, 2.45) is 0 Å². The molecule has 0 saturated heterocycles. The lowest BCUT2D eigenvalue weighted by Gasteiger charge is -2.16. The van der Waals surface area contributed by atoms with Crippen LogP contribution in [0.3, 0.4) is 0 Å². The molecule has 1 amide bonds. The highest BCUT2D eigenvalue weighted by Gasteiger charge is 2.15. The van der Waals surface area contributed by atoms with Gasteiger partial charge in [-0.15, -0.1) is 0 Å². The van der Waals surface area contributed by atoms with Gasteiger partial charge < -0.3 is 14.8 Å². The summed E-state index contributed by atoms with van der Waals surface area (Å²) < 4.78 is 12.1. The lowest BCUT2D eigenvalue weighted by molar-refractivity contribution is -0.112. The van der Waals surface area contributed by atoms with Gasteiger partial charge in [0.25, 0.3) is 5.91 Å². The summed E-state index contributed by atoms with van der Waals surface area (Å²) >= 11 is 2.15. The molecule has 6 heteroatoms. The molecule has 2 aromatic carbocycles. The molecule has 0 heterocycles. The van der Waals surface area contributed by atoms with Crippen molar-refractivity contribution >= 4 is 40.3 Å². The van der Waals surface area contributed by atoms with E-state index in [1.54, 1.807) is 19.3 Å². The summed E-state index contributed by atoms with van der Waals surface area (Å²) in [4.78, 5) is 12.5. The summed E-state index contributed by atoms with van der Waals surface area (Å²) in [6.45, 7) is 5.94. The molecule has 0 fully saturated rings. The first-order valence-electron chi connectivity index (χ1n) is 8.94. The number of aryl methyl sites for hydroxylation is 1. The molecule has 1 N–H and O–H groups in total. The van der Waals surface area contributed by atoms with Crippen LogP contribution in [0, 0.1) is 14.9 Å². The van der Waals surface area contributed by atoms with E-state index in [1.165, 1.54) is 5.56 Å². The van der Waals surface area contributed by atoms with E-state index in [4.69, 9.17) is 9.47 Å². The van der Waals surface area contributed by atoms with Crippen LogP contribution in [0.5, 0.6) is 11.5 Å².